The summed E-state index contributed by atoms with van der Waals surface area (Å²) in [6.07, 6.45) is -13.0. The molecule has 0 fully saturated rings. The number of hydrogen-bond acceptors (Lipinski definition) is 5. The molecule has 33 heavy (non-hydrogen) atoms. The Morgan fingerprint density at radius 3 is 1.94 bits per heavy atom. The molecular formula is C18H13F7N2O5S. The number of rotatable bonds is 5. The number of nitrogens with zero attached hydrogens (tertiary/aromatic N) is 2. The predicted octanol–water partition coefficient (Wildman–Crippen LogP) is 4.56. The molecule has 0 aliphatic rings. The Bertz CT molecular complexity index is 1200. The van der Waals surface area contributed by atoms with E-state index in [1.807, 2.05) is 0 Å². The summed E-state index contributed by atoms with van der Waals surface area (Å²) in [7, 11) is -4.19. The Balaban J connectivity index is 2.83. The molecule has 2 aromatic rings. The first kappa shape index (κ1) is 26.0. The SMILES string of the molecule is CN(C(=O)c1cccc([N+](=O)[O-])c1)c1cccc(C(F)(C(F)(F)F)C(F)(F)F)c1S(C)(=O)=O. The number of carbonyl (C=O) groups excluding carboxylic acids is 1. The van der Waals surface area contributed by atoms with Gasteiger partial charge in [0.1, 0.15) is 0 Å². The molecule has 0 spiro atoms. The van der Waals surface area contributed by atoms with Gasteiger partial charge in [0.05, 0.1) is 15.5 Å². The fraction of sp³-hybridized carbons (Fsp3) is 0.278. The van der Waals surface area contributed by atoms with Crippen molar-refractivity contribution in [3.63, 3.8) is 0 Å². The fourth-order valence-electron chi connectivity index (χ4n) is 2.97. The van der Waals surface area contributed by atoms with Crippen molar-refractivity contribution in [3.05, 3.63) is 63.7 Å². The first-order chi connectivity index (χ1) is 14.8. The maximum Gasteiger partial charge on any atom is 0.435 e. The van der Waals surface area contributed by atoms with E-state index < -0.39 is 66.1 Å². The molecule has 0 N–H and O–H groups in total. The van der Waals surface area contributed by atoms with E-state index in [0.29, 0.717) is 17.0 Å². The summed E-state index contributed by atoms with van der Waals surface area (Å²) < 4.78 is 119. The monoisotopic (exact) mass is 502 g/mol. The van der Waals surface area contributed by atoms with E-state index in [1.54, 1.807) is 0 Å². The van der Waals surface area contributed by atoms with Crippen LogP contribution in [0.5, 0.6) is 0 Å². The van der Waals surface area contributed by atoms with Gasteiger partial charge >= 0.3 is 18.0 Å². The summed E-state index contributed by atoms with van der Waals surface area (Å²) in [5.74, 6) is -1.22. The van der Waals surface area contributed by atoms with Crippen LogP contribution in [0.15, 0.2) is 47.4 Å². The van der Waals surface area contributed by atoms with Gasteiger partial charge in [-0.15, -0.1) is 0 Å². The van der Waals surface area contributed by atoms with E-state index in [0.717, 1.165) is 31.3 Å². The van der Waals surface area contributed by atoms with Crippen LogP contribution in [-0.2, 0) is 15.5 Å². The Morgan fingerprint density at radius 1 is 0.970 bits per heavy atom. The average Bonchev–Trinajstić information content (AvgIpc) is 2.69. The molecule has 0 bridgehead atoms. The number of benzene rings is 2. The van der Waals surface area contributed by atoms with Crippen molar-refractivity contribution in [1.29, 1.82) is 0 Å². The average molecular weight is 502 g/mol. The Labute approximate surface area is 181 Å². The number of non-ortho nitro benzene ring substituents is 1. The van der Waals surface area contributed by atoms with Crippen LogP contribution in [0.3, 0.4) is 0 Å². The Kier molecular flexibility index (Phi) is 6.53. The maximum atomic E-state index is 14.7. The maximum absolute atomic E-state index is 14.7. The second kappa shape index (κ2) is 8.28. The zero-order chi connectivity index (χ0) is 25.6. The molecule has 0 unspecified atom stereocenters. The number of carbonyl (C=O) groups is 1. The zero-order valence-electron chi connectivity index (χ0n) is 16.5. The predicted molar refractivity (Wildman–Crippen MR) is 100 cm³/mol. The molecule has 2 aromatic carbocycles. The van der Waals surface area contributed by atoms with Crippen molar-refractivity contribution >= 4 is 27.1 Å². The third-order valence-corrected chi connectivity index (χ3v) is 5.66. The summed E-state index contributed by atoms with van der Waals surface area (Å²) in [4.78, 5) is 21.4. The van der Waals surface area contributed by atoms with Crippen LogP contribution in [0.2, 0.25) is 0 Å². The van der Waals surface area contributed by atoms with Crippen LogP contribution >= 0.6 is 0 Å². The fourth-order valence-corrected chi connectivity index (χ4v) is 4.16. The van der Waals surface area contributed by atoms with Crippen LogP contribution < -0.4 is 4.90 Å². The van der Waals surface area contributed by atoms with Gasteiger partial charge in [0, 0.05) is 36.6 Å². The van der Waals surface area contributed by atoms with Gasteiger partial charge < -0.3 is 4.90 Å². The molecule has 0 aliphatic carbocycles. The highest BCUT2D eigenvalue weighted by Crippen LogP contribution is 2.55. The molecule has 0 aromatic heterocycles. The lowest BCUT2D eigenvalue weighted by Crippen LogP contribution is -2.51. The van der Waals surface area contributed by atoms with Crippen LogP contribution in [0.1, 0.15) is 15.9 Å². The third-order valence-electron chi connectivity index (χ3n) is 4.49. The largest absolute Gasteiger partial charge is 0.435 e. The van der Waals surface area contributed by atoms with Gasteiger partial charge in [-0.3, -0.25) is 14.9 Å². The number of nitro benzene ring substituents is 1. The molecule has 0 radical (unpaired) electrons. The van der Waals surface area contributed by atoms with Crippen LogP contribution in [0.4, 0.5) is 42.1 Å². The molecule has 0 heterocycles. The van der Waals surface area contributed by atoms with Gasteiger partial charge in [0.25, 0.3) is 11.6 Å². The molecule has 15 heteroatoms. The summed E-state index contributed by atoms with van der Waals surface area (Å²) >= 11 is 0. The third kappa shape index (κ3) is 4.62. The lowest BCUT2D eigenvalue weighted by atomic mass is 9.93. The van der Waals surface area contributed by atoms with E-state index in [4.69, 9.17) is 0 Å². The smallest absolute Gasteiger partial charge is 0.310 e. The minimum Gasteiger partial charge on any atom is -0.310 e. The number of halogens is 7. The summed E-state index contributed by atoms with van der Waals surface area (Å²) in [5, 5.41) is 10.9. The second-order valence-electron chi connectivity index (χ2n) is 6.75. The van der Waals surface area contributed by atoms with Crippen molar-refractivity contribution < 1.29 is 48.9 Å². The van der Waals surface area contributed by atoms with Crippen molar-refractivity contribution in [1.82, 2.24) is 0 Å². The molecular weight excluding hydrogens is 489 g/mol. The Hall–Kier alpha value is -3.23. The van der Waals surface area contributed by atoms with Gasteiger partial charge in [0.2, 0.25) is 0 Å². The molecule has 0 saturated heterocycles. The van der Waals surface area contributed by atoms with Gasteiger partial charge in [-0.1, -0.05) is 18.2 Å². The summed E-state index contributed by atoms with van der Waals surface area (Å²) in [5.41, 5.74) is -10.4. The van der Waals surface area contributed by atoms with E-state index in [9.17, 15) is 54.1 Å². The lowest BCUT2D eigenvalue weighted by Gasteiger charge is -2.33. The quantitative estimate of drug-likeness (QED) is 0.339. The highest BCUT2D eigenvalue weighted by molar-refractivity contribution is 7.91. The van der Waals surface area contributed by atoms with Crippen LogP contribution in [0.25, 0.3) is 0 Å². The number of amides is 1. The van der Waals surface area contributed by atoms with E-state index in [1.165, 1.54) is 0 Å². The molecule has 1 amide bonds. The van der Waals surface area contributed by atoms with E-state index in [2.05, 4.69) is 0 Å². The van der Waals surface area contributed by atoms with E-state index in [-0.39, 0.29) is 12.3 Å². The standard InChI is InChI=1S/C18H13F7N2O5S/c1-26(15(28)10-5-3-6-11(9-10)27(29)30)13-8-4-7-12(14(13)33(2,31)32)16(19,17(20,21)22)18(23,24)25/h3-9H,1-2H3. The molecule has 7 nitrogen and oxygen atoms in total. The van der Waals surface area contributed by atoms with Crippen molar-refractivity contribution in [2.75, 3.05) is 18.2 Å². The first-order valence-corrected chi connectivity index (χ1v) is 10.4. The van der Waals surface area contributed by atoms with Crippen LogP contribution in [-0.4, -0.2) is 44.9 Å². The minimum atomic E-state index is -6.61. The highest BCUT2D eigenvalue weighted by Gasteiger charge is 2.74. The summed E-state index contributed by atoms with van der Waals surface area (Å²) in [6, 6.07) is 5.10. The normalized spacial score (nSPS) is 13.0. The zero-order valence-corrected chi connectivity index (χ0v) is 17.3. The molecule has 2 rings (SSSR count). The number of hydrogen-bond donors (Lipinski definition) is 0. The van der Waals surface area contributed by atoms with Crippen molar-refractivity contribution in [2.45, 2.75) is 22.9 Å². The van der Waals surface area contributed by atoms with Crippen molar-refractivity contribution in [2.24, 2.45) is 0 Å². The molecule has 0 aliphatic heterocycles. The van der Waals surface area contributed by atoms with Gasteiger partial charge in [0.15, 0.2) is 9.84 Å². The van der Waals surface area contributed by atoms with Crippen molar-refractivity contribution in [3.8, 4) is 0 Å². The number of nitro groups is 1. The van der Waals surface area contributed by atoms with E-state index >= 15 is 0 Å². The molecule has 180 valence electrons. The number of sulfone groups is 1. The minimum absolute atomic E-state index is 0.00649. The van der Waals surface area contributed by atoms with Gasteiger partial charge in [-0.05, 0) is 12.1 Å². The van der Waals surface area contributed by atoms with Gasteiger partial charge in [-0.2, -0.15) is 26.3 Å². The first-order valence-electron chi connectivity index (χ1n) is 8.52. The lowest BCUT2D eigenvalue weighted by molar-refractivity contribution is -0.384. The molecule has 0 atom stereocenters. The highest BCUT2D eigenvalue weighted by atomic mass is 32.2. The topological polar surface area (TPSA) is 97.6 Å². The number of anilines is 1. The Morgan fingerprint density at radius 2 is 1.48 bits per heavy atom. The van der Waals surface area contributed by atoms with Crippen LogP contribution in [0, 0.1) is 10.1 Å². The van der Waals surface area contributed by atoms with Gasteiger partial charge in [-0.25, -0.2) is 12.8 Å². The summed E-state index contributed by atoms with van der Waals surface area (Å²) in [6.45, 7) is 0. The number of alkyl halides is 7. The molecule has 0 saturated carbocycles. The second-order valence-corrected chi connectivity index (χ2v) is 8.70.